The summed E-state index contributed by atoms with van der Waals surface area (Å²) in [5.41, 5.74) is 4.62. The van der Waals surface area contributed by atoms with Gasteiger partial charge >= 0.3 is 0 Å². The van der Waals surface area contributed by atoms with Gasteiger partial charge in [-0.2, -0.15) is 5.10 Å². The van der Waals surface area contributed by atoms with Crippen LogP contribution >= 0.6 is 0 Å². The van der Waals surface area contributed by atoms with Crippen molar-refractivity contribution in [3.63, 3.8) is 0 Å². The van der Waals surface area contributed by atoms with Crippen LogP contribution in [0.1, 0.15) is 18.1 Å². The molecule has 0 radical (unpaired) electrons. The number of nitrogens with zero attached hydrogens (tertiary/aromatic N) is 3. The van der Waals surface area contributed by atoms with E-state index in [1.54, 1.807) is 18.2 Å². The first-order chi connectivity index (χ1) is 14.1. The van der Waals surface area contributed by atoms with Gasteiger partial charge in [0.1, 0.15) is 0 Å². The number of carbonyl (C=O) groups excluding carboxylic acids is 1. The van der Waals surface area contributed by atoms with E-state index < -0.39 is 0 Å². The van der Waals surface area contributed by atoms with Gasteiger partial charge < -0.3 is 9.84 Å². The van der Waals surface area contributed by atoms with Gasteiger partial charge in [-0.15, -0.1) is 0 Å². The third-order valence-corrected chi connectivity index (χ3v) is 4.77. The van der Waals surface area contributed by atoms with Crippen LogP contribution in [0.5, 0.6) is 11.5 Å². The molecule has 0 atom stereocenters. The van der Waals surface area contributed by atoms with Gasteiger partial charge in [-0.05, 0) is 36.2 Å². The number of phenols is 1. The van der Waals surface area contributed by atoms with Gasteiger partial charge in [-0.3, -0.25) is 14.6 Å². The SMILES string of the molecule is CCOc1cc(/C=N/NC(=O)CN2CCN(Cc3ccccc3)CC2)ccc1O. The highest BCUT2D eigenvalue weighted by atomic mass is 16.5. The molecule has 0 aliphatic carbocycles. The van der Waals surface area contributed by atoms with E-state index in [-0.39, 0.29) is 11.7 Å². The quantitative estimate of drug-likeness (QED) is 0.528. The number of phenolic OH excluding ortho intramolecular Hbond substituents is 1. The molecule has 0 unspecified atom stereocenters. The Kier molecular flexibility index (Phi) is 7.61. The third-order valence-electron chi connectivity index (χ3n) is 4.77. The zero-order valence-corrected chi connectivity index (χ0v) is 16.8. The van der Waals surface area contributed by atoms with Crippen molar-refractivity contribution in [1.82, 2.24) is 15.2 Å². The van der Waals surface area contributed by atoms with E-state index in [1.807, 2.05) is 13.0 Å². The number of benzene rings is 2. The van der Waals surface area contributed by atoms with E-state index in [9.17, 15) is 9.90 Å². The maximum absolute atomic E-state index is 12.2. The van der Waals surface area contributed by atoms with Crippen molar-refractivity contribution >= 4 is 12.1 Å². The first kappa shape index (κ1) is 20.8. The summed E-state index contributed by atoms with van der Waals surface area (Å²) in [5, 5.41) is 13.7. The fourth-order valence-electron chi connectivity index (χ4n) is 3.25. The molecule has 1 fully saturated rings. The van der Waals surface area contributed by atoms with Gasteiger partial charge in [0.2, 0.25) is 0 Å². The van der Waals surface area contributed by atoms with E-state index in [0.29, 0.717) is 18.9 Å². The first-order valence-corrected chi connectivity index (χ1v) is 9.90. The van der Waals surface area contributed by atoms with Gasteiger partial charge in [0.05, 0.1) is 19.4 Å². The summed E-state index contributed by atoms with van der Waals surface area (Å²) in [6, 6.07) is 15.4. The lowest BCUT2D eigenvalue weighted by Crippen LogP contribution is -2.48. The van der Waals surface area contributed by atoms with Crippen molar-refractivity contribution in [2.75, 3.05) is 39.3 Å². The molecule has 0 spiro atoms. The number of hydrazone groups is 1. The van der Waals surface area contributed by atoms with Crippen LogP contribution in [-0.2, 0) is 11.3 Å². The molecule has 2 aromatic rings. The highest BCUT2D eigenvalue weighted by Gasteiger charge is 2.18. The van der Waals surface area contributed by atoms with Gasteiger partial charge in [-0.25, -0.2) is 5.43 Å². The van der Waals surface area contributed by atoms with Gasteiger partial charge in [0, 0.05) is 32.7 Å². The van der Waals surface area contributed by atoms with E-state index in [1.165, 1.54) is 11.8 Å². The van der Waals surface area contributed by atoms with Crippen molar-refractivity contribution < 1.29 is 14.6 Å². The topological polar surface area (TPSA) is 77.4 Å². The number of rotatable bonds is 8. The molecule has 0 saturated carbocycles. The molecule has 0 aromatic heterocycles. The van der Waals surface area contributed by atoms with Crippen LogP contribution in [0.2, 0.25) is 0 Å². The van der Waals surface area contributed by atoms with Crippen LogP contribution in [0.4, 0.5) is 0 Å². The minimum atomic E-state index is -0.137. The van der Waals surface area contributed by atoms with Gasteiger partial charge in [0.15, 0.2) is 11.5 Å². The highest BCUT2D eigenvalue weighted by molar-refractivity contribution is 5.83. The van der Waals surface area contributed by atoms with E-state index in [2.05, 4.69) is 44.6 Å². The molecule has 3 rings (SSSR count). The van der Waals surface area contributed by atoms with Crippen molar-refractivity contribution in [3.8, 4) is 11.5 Å². The normalized spacial score (nSPS) is 15.5. The molecular weight excluding hydrogens is 368 g/mol. The minimum Gasteiger partial charge on any atom is -0.504 e. The molecule has 2 N–H and O–H groups in total. The van der Waals surface area contributed by atoms with Gasteiger partial charge in [-0.1, -0.05) is 30.3 Å². The smallest absolute Gasteiger partial charge is 0.254 e. The number of amides is 1. The van der Waals surface area contributed by atoms with Crippen molar-refractivity contribution in [3.05, 3.63) is 59.7 Å². The molecule has 1 aliphatic rings. The Labute approximate surface area is 171 Å². The van der Waals surface area contributed by atoms with Crippen LogP contribution in [0.25, 0.3) is 0 Å². The highest BCUT2D eigenvalue weighted by Crippen LogP contribution is 2.26. The molecule has 7 heteroatoms. The summed E-state index contributed by atoms with van der Waals surface area (Å²) in [6.07, 6.45) is 1.54. The molecule has 7 nitrogen and oxygen atoms in total. The standard InChI is InChI=1S/C22H28N4O3/c1-2-29-21-14-19(8-9-20(21)27)15-23-24-22(28)17-26-12-10-25(11-13-26)16-18-6-4-3-5-7-18/h3-9,14-15,27H,2,10-13,16-17H2,1H3,(H,24,28)/b23-15+. The molecule has 0 bridgehead atoms. The fraction of sp³-hybridized carbons (Fsp3) is 0.364. The van der Waals surface area contributed by atoms with Gasteiger partial charge in [0.25, 0.3) is 5.91 Å². The maximum atomic E-state index is 12.2. The van der Waals surface area contributed by atoms with Crippen LogP contribution < -0.4 is 10.2 Å². The largest absolute Gasteiger partial charge is 0.504 e. The number of nitrogens with one attached hydrogen (secondary N) is 1. The van der Waals surface area contributed by atoms with Crippen LogP contribution in [0, 0.1) is 0 Å². The maximum Gasteiger partial charge on any atom is 0.254 e. The molecular formula is C22H28N4O3. The number of carbonyl (C=O) groups is 1. The van der Waals surface area contributed by atoms with E-state index in [4.69, 9.17) is 4.74 Å². The fourth-order valence-corrected chi connectivity index (χ4v) is 3.25. The Morgan fingerprint density at radius 2 is 1.86 bits per heavy atom. The lowest BCUT2D eigenvalue weighted by Gasteiger charge is -2.34. The molecule has 29 heavy (non-hydrogen) atoms. The zero-order chi connectivity index (χ0) is 20.5. The molecule has 2 aromatic carbocycles. The first-order valence-electron chi connectivity index (χ1n) is 9.90. The second kappa shape index (κ2) is 10.6. The second-order valence-corrected chi connectivity index (χ2v) is 6.99. The second-order valence-electron chi connectivity index (χ2n) is 6.99. The summed E-state index contributed by atoms with van der Waals surface area (Å²) in [7, 11) is 0. The summed E-state index contributed by atoms with van der Waals surface area (Å²) < 4.78 is 5.34. The molecule has 1 heterocycles. The monoisotopic (exact) mass is 396 g/mol. The predicted octanol–water partition coefficient (Wildman–Crippen LogP) is 2.06. The van der Waals surface area contributed by atoms with Crippen LogP contribution in [0.15, 0.2) is 53.6 Å². The minimum absolute atomic E-state index is 0.0828. The van der Waals surface area contributed by atoms with Crippen LogP contribution in [0.3, 0.4) is 0 Å². The number of aromatic hydroxyl groups is 1. The lowest BCUT2D eigenvalue weighted by atomic mass is 10.2. The molecule has 1 saturated heterocycles. The Hall–Kier alpha value is -2.90. The number of ether oxygens (including phenoxy) is 1. The van der Waals surface area contributed by atoms with Crippen molar-refractivity contribution in [1.29, 1.82) is 0 Å². The summed E-state index contributed by atoms with van der Waals surface area (Å²) in [5.74, 6) is 0.345. The predicted molar refractivity (Wildman–Crippen MR) is 113 cm³/mol. The van der Waals surface area contributed by atoms with Crippen LogP contribution in [-0.4, -0.2) is 66.4 Å². The lowest BCUT2D eigenvalue weighted by molar-refractivity contribution is -0.122. The Balaban J connectivity index is 1.40. The molecule has 1 amide bonds. The summed E-state index contributed by atoms with van der Waals surface area (Å²) >= 11 is 0. The number of hydrogen-bond acceptors (Lipinski definition) is 6. The third kappa shape index (κ3) is 6.58. The average molecular weight is 396 g/mol. The average Bonchev–Trinajstić information content (AvgIpc) is 2.73. The summed E-state index contributed by atoms with van der Waals surface area (Å²) in [6.45, 7) is 7.20. The van der Waals surface area contributed by atoms with Crippen molar-refractivity contribution in [2.24, 2.45) is 5.10 Å². The van der Waals surface area contributed by atoms with E-state index in [0.717, 1.165) is 38.3 Å². The molecule has 1 aliphatic heterocycles. The Morgan fingerprint density at radius 1 is 1.14 bits per heavy atom. The van der Waals surface area contributed by atoms with E-state index >= 15 is 0 Å². The molecule has 154 valence electrons. The summed E-state index contributed by atoms with van der Waals surface area (Å²) in [4.78, 5) is 16.7. The zero-order valence-electron chi connectivity index (χ0n) is 16.8. The Bertz CT molecular complexity index is 818. The van der Waals surface area contributed by atoms with Crippen molar-refractivity contribution in [2.45, 2.75) is 13.5 Å². The number of hydrogen-bond donors (Lipinski definition) is 2. The number of piperazine rings is 1. The Morgan fingerprint density at radius 3 is 2.59 bits per heavy atom.